The van der Waals surface area contributed by atoms with E-state index < -0.39 is 0 Å². The summed E-state index contributed by atoms with van der Waals surface area (Å²) in [6.07, 6.45) is 0. The maximum absolute atomic E-state index is 10.4. The van der Waals surface area contributed by atoms with Gasteiger partial charge in [-0.05, 0) is 45.8 Å². The summed E-state index contributed by atoms with van der Waals surface area (Å²) in [6.45, 7) is 2.14. The van der Waals surface area contributed by atoms with Crippen molar-refractivity contribution in [3.63, 3.8) is 0 Å². The van der Waals surface area contributed by atoms with Gasteiger partial charge in [-0.25, -0.2) is 0 Å². The smallest absolute Gasteiger partial charge is 0.124 e. The number of rotatable bonds is 1. The molecular formula is C21H16O. The van der Waals surface area contributed by atoms with E-state index in [9.17, 15) is 5.11 Å². The molecule has 4 aromatic rings. The number of hydrogen-bond donors (Lipinski definition) is 1. The Labute approximate surface area is 129 Å². The van der Waals surface area contributed by atoms with Crippen LogP contribution in [0.2, 0.25) is 0 Å². The van der Waals surface area contributed by atoms with Gasteiger partial charge in [0.05, 0.1) is 0 Å². The summed E-state index contributed by atoms with van der Waals surface area (Å²) in [5, 5.41) is 14.8. The third kappa shape index (κ3) is 1.86. The van der Waals surface area contributed by atoms with E-state index in [1.807, 2.05) is 24.3 Å². The van der Waals surface area contributed by atoms with Crippen LogP contribution in [-0.4, -0.2) is 5.11 Å². The van der Waals surface area contributed by atoms with E-state index >= 15 is 0 Å². The number of fused-ring (bicyclic) bond motifs is 2. The number of phenolic OH excluding ortho intramolecular Hbond substituents is 1. The second-order valence-corrected chi connectivity index (χ2v) is 5.66. The maximum atomic E-state index is 10.4. The predicted molar refractivity (Wildman–Crippen MR) is 93.3 cm³/mol. The monoisotopic (exact) mass is 284 g/mol. The fourth-order valence-electron chi connectivity index (χ4n) is 3.30. The second-order valence-electron chi connectivity index (χ2n) is 5.66. The quantitative estimate of drug-likeness (QED) is 0.477. The largest absolute Gasteiger partial charge is 0.507 e. The molecule has 0 aromatic heterocycles. The fraction of sp³-hybridized carbons (Fsp3) is 0.0476. The number of phenols is 1. The van der Waals surface area contributed by atoms with E-state index in [0.29, 0.717) is 5.75 Å². The Morgan fingerprint density at radius 1 is 0.591 bits per heavy atom. The van der Waals surface area contributed by atoms with Crippen LogP contribution in [-0.2, 0) is 0 Å². The summed E-state index contributed by atoms with van der Waals surface area (Å²) >= 11 is 0. The minimum absolute atomic E-state index is 0.332. The molecule has 1 heteroatoms. The third-order valence-electron chi connectivity index (χ3n) is 4.29. The Kier molecular flexibility index (Phi) is 2.87. The fourth-order valence-corrected chi connectivity index (χ4v) is 3.30. The summed E-state index contributed by atoms with van der Waals surface area (Å²) < 4.78 is 0. The van der Waals surface area contributed by atoms with Crippen LogP contribution in [0.1, 0.15) is 5.56 Å². The molecule has 0 aliphatic carbocycles. The van der Waals surface area contributed by atoms with Crippen molar-refractivity contribution in [3.8, 4) is 16.9 Å². The molecule has 0 amide bonds. The molecule has 4 aromatic carbocycles. The standard InChI is InChI=1S/C21H16O/c1-14-6-2-7-15-8-3-11-17(20(14)15)18-12-4-9-16-10-5-13-19(22)21(16)18/h2-13,22H,1H3. The minimum Gasteiger partial charge on any atom is -0.507 e. The van der Waals surface area contributed by atoms with Gasteiger partial charge >= 0.3 is 0 Å². The zero-order valence-electron chi connectivity index (χ0n) is 12.4. The van der Waals surface area contributed by atoms with Crippen molar-refractivity contribution in [1.29, 1.82) is 0 Å². The molecule has 106 valence electrons. The summed E-state index contributed by atoms with van der Waals surface area (Å²) in [5.74, 6) is 0.332. The molecule has 0 bridgehead atoms. The number of aromatic hydroxyl groups is 1. The zero-order chi connectivity index (χ0) is 15.1. The molecule has 0 atom stereocenters. The highest BCUT2D eigenvalue weighted by Gasteiger charge is 2.11. The molecule has 0 aliphatic heterocycles. The molecule has 0 heterocycles. The first-order valence-corrected chi connectivity index (χ1v) is 7.45. The van der Waals surface area contributed by atoms with Crippen molar-refractivity contribution < 1.29 is 5.11 Å². The summed E-state index contributed by atoms with van der Waals surface area (Å²) in [4.78, 5) is 0. The first-order chi connectivity index (χ1) is 10.8. The lowest BCUT2D eigenvalue weighted by Gasteiger charge is -2.13. The molecule has 0 unspecified atom stereocenters. The van der Waals surface area contributed by atoms with Gasteiger partial charge < -0.3 is 5.11 Å². The van der Waals surface area contributed by atoms with Gasteiger partial charge in [0.15, 0.2) is 0 Å². The predicted octanol–water partition coefficient (Wildman–Crippen LogP) is 5.67. The van der Waals surface area contributed by atoms with Crippen molar-refractivity contribution >= 4 is 21.5 Å². The van der Waals surface area contributed by atoms with Crippen molar-refractivity contribution in [2.24, 2.45) is 0 Å². The Morgan fingerprint density at radius 3 is 1.77 bits per heavy atom. The zero-order valence-corrected chi connectivity index (χ0v) is 12.4. The molecule has 0 spiro atoms. The maximum Gasteiger partial charge on any atom is 0.124 e. The van der Waals surface area contributed by atoms with Gasteiger partial charge in [0.25, 0.3) is 0 Å². The van der Waals surface area contributed by atoms with Crippen LogP contribution in [0.4, 0.5) is 0 Å². The normalized spacial score (nSPS) is 11.1. The van der Waals surface area contributed by atoms with E-state index in [1.165, 1.54) is 21.9 Å². The summed E-state index contributed by atoms with van der Waals surface area (Å²) in [7, 11) is 0. The van der Waals surface area contributed by atoms with Crippen molar-refractivity contribution in [3.05, 3.63) is 78.4 Å². The van der Waals surface area contributed by atoms with Gasteiger partial charge in [-0.15, -0.1) is 0 Å². The Morgan fingerprint density at radius 2 is 1.09 bits per heavy atom. The van der Waals surface area contributed by atoms with Crippen molar-refractivity contribution in [2.75, 3.05) is 0 Å². The van der Waals surface area contributed by atoms with E-state index in [-0.39, 0.29) is 0 Å². The van der Waals surface area contributed by atoms with Gasteiger partial charge in [0.2, 0.25) is 0 Å². The Bertz CT molecular complexity index is 905. The molecule has 1 nitrogen and oxygen atoms in total. The van der Waals surface area contributed by atoms with Crippen LogP contribution < -0.4 is 0 Å². The molecule has 0 radical (unpaired) electrons. The second kappa shape index (κ2) is 4.88. The highest BCUT2D eigenvalue weighted by Crippen LogP contribution is 2.38. The molecule has 0 fully saturated rings. The average Bonchev–Trinajstić information content (AvgIpc) is 2.54. The average molecular weight is 284 g/mol. The highest BCUT2D eigenvalue weighted by molar-refractivity contribution is 6.08. The summed E-state index contributed by atoms with van der Waals surface area (Å²) in [5.41, 5.74) is 3.50. The lowest BCUT2D eigenvalue weighted by atomic mass is 9.92. The van der Waals surface area contributed by atoms with Crippen LogP contribution in [0.5, 0.6) is 5.75 Å². The molecular weight excluding hydrogens is 268 g/mol. The highest BCUT2D eigenvalue weighted by atomic mass is 16.3. The molecule has 4 rings (SSSR count). The first-order valence-electron chi connectivity index (χ1n) is 7.45. The SMILES string of the molecule is Cc1cccc2cccc(-c3cccc4cccc(O)c34)c12. The number of hydrogen-bond acceptors (Lipinski definition) is 1. The van der Waals surface area contributed by atoms with Crippen molar-refractivity contribution in [1.82, 2.24) is 0 Å². The van der Waals surface area contributed by atoms with Crippen molar-refractivity contribution in [2.45, 2.75) is 6.92 Å². The minimum atomic E-state index is 0.332. The number of aryl methyl sites for hydroxylation is 1. The molecule has 0 saturated heterocycles. The molecule has 0 saturated carbocycles. The summed E-state index contributed by atoms with van der Waals surface area (Å²) in [6, 6.07) is 24.6. The molecule has 0 aliphatic rings. The molecule has 22 heavy (non-hydrogen) atoms. The van der Waals surface area contributed by atoms with Crippen LogP contribution in [0, 0.1) is 6.92 Å². The lowest BCUT2D eigenvalue weighted by Crippen LogP contribution is -1.87. The Balaban J connectivity index is 2.17. The topological polar surface area (TPSA) is 20.2 Å². The van der Waals surface area contributed by atoms with Gasteiger partial charge in [-0.1, -0.05) is 66.7 Å². The molecule has 1 N–H and O–H groups in total. The Hall–Kier alpha value is -2.80. The van der Waals surface area contributed by atoms with Crippen LogP contribution in [0.3, 0.4) is 0 Å². The van der Waals surface area contributed by atoms with Crippen LogP contribution >= 0.6 is 0 Å². The van der Waals surface area contributed by atoms with E-state index in [4.69, 9.17) is 0 Å². The van der Waals surface area contributed by atoms with E-state index in [2.05, 4.69) is 49.4 Å². The lowest BCUT2D eigenvalue weighted by molar-refractivity contribution is 0.482. The van der Waals surface area contributed by atoms with Gasteiger partial charge in [0, 0.05) is 5.39 Å². The number of benzene rings is 4. The first kappa shape index (κ1) is 12.9. The van der Waals surface area contributed by atoms with Crippen LogP contribution in [0.15, 0.2) is 72.8 Å². The third-order valence-corrected chi connectivity index (χ3v) is 4.29. The van der Waals surface area contributed by atoms with Crippen LogP contribution in [0.25, 0.3) is 32.7 Å². The van der Waals surface area contributed by atoms with E-state index in [0.717, 1.165) is 16.3 Å². The van der Waals surface area contributed by atoms with Gasteiger partial charge in [0.1, 0.15) is 5.75 Å². The van der Waals surface area contributed by atoms with Gasteiger partial charge in [-0.2, -0.15) is 0 Å². The van der Waals surface area contributed by atoms with Gasteiger partial charge in [-0.3, -0.25) is 0 Å². The van der Waals surface area contributed by atoms with E-state index in [1.54, 1.807) is 6.07 Å².